The van der Waals surface area contributed by atoms with Gasteiger partial charge in [-0.1, -0.05) is 12.1 Å². The first-order valence-electron chi connectivity index (χ1n) is 10.4. The second-order valence-corrected chi connectivity index (χ2v) is 9.15. The summed E-state index contributed by atoms with van der Waals surface area (Å²) in [6, 6.07) is 16.7. The Morgan fingerprint density at radius 2 is 1.85 bits per heavy atom. The minimum absolute atomic E-state index is 0.164. The molecule has 1 spiro atoms. The van der Waals surface area contributed by atoms with E-state index in [-0.39, 0.29) is 24.2 Å². The van der Waals surface area contributed by atoms with E-state index in [0.717, 1.165) is 0 Å². The van der Waals surface area contributed by atoms with Crippen molar-refractivity contribution in [1.29, 1.82) is 0 Å². The van der Waals surface area contributed by atoms with Crippen LogP contribution in [0, 0.1) is 11.6 Å². The maximum atomic E-state index is 14.0. The molecule has 0 unspecified atom stereocenters. The molecule has 0 bridgehead atoms. The molecule has 1 atom stereocenters. The molecule has 0 aliphatic carbocycles. The zero-order valence-corrected chi connectivity index (χ0v) is 18.6. The van der Waals surface area contributed by atoms with Crippen LogP contribution < -0.4 is 9.64 Å². The SMILES string of the molecule is COc1ccc2c(c1)[C@@]1(SCCN1C(=O)c1ccc(F)cc1)C(=O)N2Cc1cccc(F)c1. The summed E-state index contributed by atoms with van der Waals surface area (Å²) in [7, 11) is 1.54. The van der Waals surface area contributed by atoms with Gasteiger partial charge in [0.2, 0.25) is 0 Å². The molecule has 0 saturated carbocycles. The van der Waals surface area contributed by atoms with Gasteiger partial charge in [0.05, 0.1) is 19.3 Å². The number of ether oxygens (including phenoxy) is 1. The van der Waals surface area contributed by atoms with Crippen molar-refractivity contribution >= 4 is 29.3 Å². The number of benzene rings is 3. The number of hydrogen-bond acceptors (Lipinski definition) is 4. The molecule has 1 saturated heterocycles. The van der Waals surface area contributed by atoms with E-state index >= 15 is 0 Å². The number of carbonyl (C=O) groups is 2. The van der Waals surface area contributed by atoms with Gasteiger partial charge in [-0.05, 0) is 60.2 Å². The van der Waals surface area contributed by atoms with Crippen LogP contribution in [0.1, 0.15) is 21.5 Å². The summed E-state index contributed by atoms with van der Waals surface area (Å²) < 4.78 is 32.6. The van der Waals surface area contributed by atoms with Gasteiger partial charge in [0, 0.05) is 23.4 Å². The number of methoxy groups -OCH3 is 1. The first-order valence-corrected chi connectivity index (χ1v) is 11.4. The molecular formula is C25H20F2N2O3S. The maximum absolute atomic E-state index is 14.0. The molecule has 0 aromatic heterocycles. The van der Waals surface area contributed by atoms with Crippen molar-refractivity contribution in [1.82, 2.24) is 4.90 Å². The largest absolute Gasteiger partial charge is 0.497 e. The van der Waals surface area contributed by atoms with Gasteiger partial charge in [0.1, 0.15) is 17.4 Å². The van der Waals surface area contributed by atoms with Crippen molar-refractivity contribution in [3.8, 4) is 5.75 Å². The maximum Gasteiger partial charge on any atom is 0.268 e. The van der Waals surface area contributed by atoms with E-state index < -0.39 is 10.7 Å². The zero-order chi connectivity index (χ0) is 23.2. The highest BCUT2D eigenvalue weighted by atomic mass is 32.2. The molecule has 168 valence electrons. The van der Waals surface area contributed by atoms with Gasteiger partial charge in [-0.3, -0.25) is 9.59 Å². The molecule has 1 fully saturated rings. The molecule has 2 aliphatic heterocycles. The molecule has 2 heterocycles. The number of halogens is 2. The van der Waals surface area contributed by atoms with E-state index in [2.05, 4.69) is 0 Å². The Hall–Kier alpha value is -3.39. The number of carbonyl (C=O) groups excluding carboxylic acids is 2. The number of hydrogen-bond donors (Lipinski definition) is 0. The summed E-state index contributed by atoms with van der Waals surface area (Å²) in [5.74, 6) is -0.321. The molecule has 5 nitrogen and oxygen atoms in total. The summed E-state index contributed by atoms with van der Waals surface area (Å²) >= 11 is 1.38. The highest BCUT2D eigenvalue weighted by Gasteiger charge is 2.59. The van der Waals surface area contributed by atoms with Crippen LogP contribution in [0.3, 0.4) is 0 Å². The van der Waals surface area contributed by atoms with Crippen molar-refractivity contribution in [3.05, 3.63) is 95.1 Å². The highest BCUT2D eigenvalue weighted by molar-refractivity contribution is 8.01. The van der Waals surface area contributed by atoms with E-state index in [1.165, 1.54) is 48.2 Å². The minimum atomic E-state index is -1.28. The third-order valence-electron chi connectivity index (χ3n) is 5.97. The normalized spacial score (nSPS) is 19.3. The molecule has 0 radical (unpaired) electrons. The highest BCUT2D eigenvalue weighted by Crippen LogP contribution is 2.55. The molecule has 3 aromatic rings. The van der Waals surface area contributed by atoms with Gasteiger partial charge < -0.3 is 14.5 Å². The second-order valence-electron chi connectivity index (χ2n) is 7.86. The number of fused-ring (bicyclic) bond motifs is 2. The van der Waals surface area contributed by atoms with Gasteiger partial charge in [0.25, 0.3) is 11.8 Å². The molecular weight excluding hydrogens is 446 g/mol. The van der Waals surface area contributed by atoms with E-state index in [1.54, 1.807) is 47.2 Å². The van der Waals surface area contributed by atoms with E-state index in [1.807, 2.05) is 0 Å². The van der Waals surface area contributed by atoms with Gasteiger partial charge in [0.15, 0.2) is 4.87 Å². The first kappa shape index (κ1) is 21.5. The van der Waals surface area contributed by atoms with Crippen LogP contribution in [0.2, 0.25) is 0 Å². The van der Waals surface area contributed by atoms with Crippen molar-refractivity contribution in [2.75, 3.05) is 24.3 Å². The Kier molecular flexibility index (Phi) is 5.32. The molecule has 8 heteroatoms. The fraction of sp³-hybridized carbons (Fsp3) is 0.200. The lowest BCUT2D eigenvalue weighted by atomic mass is 10.0. The second kappa shape index (κ2) is 8.19. The predicted octanol–water partition coefficient (Wildman–Crippen LogP) is 4.56. The van der Waals surface area contributed by atoms with Crippen molar-refractivity contribution in [2.24, 2.45) is 0 Å². The molecule has 2 amide bonds. The Balaban J connectivity index is 1.61. The summed E-state index contributed by atoms with van der Waals surface area (Å²) in [4.78, 5) is 29.3. The summed E-state index contributed by atoms with van der Waals surface area (Å²) in [5.41, 5.74) is 2.25. The number of nitrogens with zero attached hydrogens (tertiary/aromatic N) is 2. The Bertz CT molecular complexity index is 1250. The standard InChI is InChI=1S/C25H20F2N2O3S/c1-32-20-9-10-22-21(14-20)25(24(31)28(22)15-16-3-2-4-19(27)13-16)29(11-12-33-25)23(30)17-5-7-18(26)8-6-17/h2-10,13-14H,11-12,15H2,1H3/t25-/m1/s1. The monoisotopic (exact) mass is 466 g/mol. The molecule has 0 N–H and O–H groups in total. The Morgan fingerprint density at radius 3 is 2.58 bits per heavy atom. The quantitative estimate of drug-likeness (QED) is 0.566. The van der Waals surface area contributed by atoms with E-state index in [0.29, 0.717) is 40.4 Å². The zero-order valence-electron chi connectivity index (χ0n) is 17.8. The third-order valence-corrected chi connectivity index (χ3v) is 7.39. The third kappa shape index (κ3) is 3.45. The van der Waals surface area contributed by atoms with E-state index in [9.17, 15) is 18.4 Å². The minimum Gasteiger partial charge on any atom is -0.497 e. The van der Waals surface area contributed by atoms with Gasteiger partial charge in [-0.25, -0.2) is 8.78 Å². The van der Waals surface area contributed by atoms with Crippen LogP contribution in [0.5, 0.6) is 5.75 Å². The topological polar surface area (TPSA) is 49.9 Å². The van der Waals surface area contributed by atoms with Crippen LogP contribution in [0.25, 0.3) is 0 Å². The van der Waals surface area contributed by atoms with Crippen LogP contribution >= 0.6 is 11.8 Å². The van der Waals surface area contributed by atoms with Crippen molar-refractivity contribution in [2.45, 2.75) is 11.4 Å². The molecule has 5 rings (SSSR count). The van der Waals surface area contributed by atoms with E-state index in [4.69, 9.17) is 4.74 Å². The van der Waals surface area contributed by atoms with Crippen molar-refractivity contribution < 1.29 is 23.1 Å². The average Bonchev–Trinajstić information content (AvgIpc) is 3.36. The lowest BCUT2D eigenvalue weighted by Gasteiger charge is -2.33. The van der Waals surface area contributed by atoms with Crippen LogP contribution in [0.4, 0.5) is 14.5 Å². The number of amides is 2. The fourth-order valence-electron chi connectivity index (χ4n) is 4.44. The molecule has 33 heavy (non-hydrogen) atoms. The Labute approximate surface area is 193 Å². The average molecular weight is 467 g/mol. The van der Waals surface area contributed by atoms with Crippen LogP contribution in [0.15, 0.2) is 66.7 Å². The summed E-state index contributed by atoms with van der Waals surface area (Å²) in [5, 5.41) is 0. The van der Waals surface area contributed by atoms with Gasteiger partial charge in [-0.2, -0.15) is 0 Å². The smallest absolute Gasteiger partial charge is 0.268 e. The number of anilines is 1. The van der Waals surface area contributed by atoms with Gasteiger partial charge in [-0.15, -0.1) is 11.8 Å². The lowest BCUT2D eigenvalue weighted by molar-refractivity contribution is -0.123. The number of rotatable bonds is 4. The van der Waals surface area contributed by atoms with Crippen LogP contribution in [-0.4, -0.2) is 36.1 Å². The summed E-state index contributed by atoms with van der Waals surface area (Å²) in [6.07, 6.45) is 0. The van der Waals surface area contributed by atoms with Gasteiger partial charge >= 0.3 is 0 Å². The Morgan fingerprint density at radius 1 is 1.06 bits per heavy atom. The molecule has 2 aliphatic rings. The molecule has 3 aromatic carbocycles. The number of thioether (sulfide) groups is 1. The summed E-state index contributed by atoms with van der Waals surface area (Å²) in [6.45, 7) is 0.522. The van der Waals surface area contributed by atoms with Crippen molar-refractivity contribution in [3.63, 3.8) is 0 Å². The first-order chi connectivity index (χ1) is 15.9. The fourth-order valence-corrected chi connectivity index (χ4v) is 5.90. The predicted molar refractivity (Wildman–Crippen MR) is 122 cm³/mol. The lowest BCUT2D eigenvalue weighted by Crippen LogP contribution is -2.50. The van der Waals surface area contributed by atoms with Crippen LogP contribution in [-0.2, 0) is 16.2 Å².